The summed E-state index contributed by atoms with van der Waals surface area (Å²) in [4.78, 5) is 21.2. The van der Waals surface area contributed by atoms with Gasteiger partial charge in [-0.05, 0) is 0 Å². The predicted molar refractivity (Wildman–Crippen MR) is 39.1 cm³/mol. The first-order valence-electron chi connectivity index (χ1n) is 3.04. The highest BCUT2D eigenvalue weighted by Gasteiger charge is 2.17. The number of aliphatic hydroxyl groups excluding tert-OH is 1. The van der Waals surface area contributed by atoms with Crippen molar-refractivity contribution in [3.8, 4) is 0 Å². The van der Waals surface area contributed by atoms with Crippen molar-refractivity contribution >= 4 is 11.9 Å². The first-order valence-corrected chi connectivity index (χ1v) is 3.04. The molecular formula is C4H11N5O3. The monoisotopic (exact) mass is 177 g/mol. The molecule has 70 valence electrons. The number of hydrazine groups is 2. The minimum atomic E-state index is -1.10. The Bertz CT molecular complexity index is 172. The van der Waals surface area contributed by atoms with E-state index in [1.165, 1.54) is 0 Å². The Morgan fingerprint density at radius 2 is 1.92 bits per heavy atom. The molecule has 8 N–H and O–H groups in total. The Balaban J connectivity index is 3.99. The van der Waals surface area contributed by atoms with Crippen molar-refractivity contribution in [2.75, 3.05) is 6.61 Å². The summed E-state index contributed by atoms with van der Waals surface area (Å²) < 4.78 is 0. The van der Waals surface area contributed by atoms with Crippen molar-refractivity contribution in [1.82, 2.24) is 16.2 Å². The van der Waals surface area contributed by atoms with Crippen LogP contribution in [0, 0.1) is 0 Å². The molecule has 12 heavy (non-hydrogen) atoms. The number of nitrogens with two attached hydrogens (primary N) is 2. The maximum Gasteiger partial charge on any atom is 0.329 e. The van der Waals surface area contributed by atoms with E-state index >= 15 is 0 Å². The molecule has 0 bridgehead atoms. The Labute approximate surface area is 68.2 Å². The molecule has 0 saturated carbocycles. The van der Waals surface area contributed by atoms with Gasteiger partial charge < -0.3 is 10.4 Å². The van der Waals surface area contributed by atoms with Crippen LogP contribution >= 0.6 is 0 Å². The molecule has 1 atom stereocenters. The predicted octanol–water partition coefficient (Wildman–Crippen LogP) is -3.49. The van der Waals surface area contributed by atoms with Gasteiger partial charge in [0.15, 0.2) is 0 Å². The van der Waals surface area contributed by atoms with Gasteiger partial charge in [0.1, 0.15) is 6.04 Å². The summed E-state index contributed by atoms with van der Waals surface area (Å²) in [6.07, 6.45) is 0. The second-order valence-corrected chi connectivity index (χ2v) is 1.86. The van der Waals surface area contributed by atoms with Gasteiger partial charge in [0.05, 0.1) is 6.61 Å². The van der Waals surface area contributed by atoms with Gasteiger partial charge in [0, 0.05) is 0 Å². The lowest BCUT2D eigenvalue weighted by atomic mass is 10.3. The van der Waals surface area contributed by atoms with E-state index in [2.05, 4.69) is 0 Å². The Kier molecular flexibility index (Phi) is 4.69. The minimum absolute atomic E-state index is 0.559. The second kappa shape index (κ2) is 5.29. The third-order valence-corrected chi connectivity index (χ3v) is 1.08. The van der Waals surface area contributed by atoms with E-state index in [0.29, 0.717) is 0 Å². The summed E-state index contributed by atoms with van der Waals surface area (Å²) in [5, 5.41) is 10.6. The first-order chi connectivity index (χ1) is 5.65. The van der Waals surface area contributed by atoms with Crippen LogP contribution in [-0.2, 0) is 4.79 Å². The van der Waals surface area contributed by atoms with Gasteiger partial charge in [-0.3, -0.25) is 15.6 Å². The summed E-state index contributed by atoms with van der Waals surface area (Å²) in [5.41, 5.74) is 3.49. The molecule has 8 nitrogen and oxygen atoms in total. The van der Waals surface area contributed by atoms with Crippen LogP contribution in [0.2, 0.25) is 0 Å². The van der Waals surface area contributed by atoms with Gasteiger partial charge >= 0.3 is 6.03 Å². The second-order valence-electron chi connectivity index (χ2n) is 1.86. The molecule has 0 fully saturated rings. The fourth-order valence-corrected chi connectivity index (χ4v) is 0.495. The van der Waals surface area contributed by atoms with Crippen molar-refractivity contribution in [1.29, 1.82) is 0 Å². The number of hydrogen-bond acceptors (Lipinski definition) is 5. The molecule has 0 aliphatic heterocycles. The van der Waals surface area contributed by atoms with Crippen LogP contribution in [0.1, 0.15) is 0 Å². The molecule has 8 heteroatoms. The van der Waals surface area contributed by atoms with Crippen molar-refractivity contribution in [3.05, 3.63) is 0 Å². The lowest BCUT2D eigenvalue weighted by Gasteiger charge is -2.13. The normalized spacial score (nSPS) is 11.6. The molecule has 3 amide bonds. The Morgan fingerprint density at radius 1 is 1.33 bits per heavy atom. The van der Waals surface area contributed by atoms with Gasteiger partial charge in [-0.15, -0.1) is 0 Å². The Morgan fingerprint density at radius 3 is 2.25 bits per heavy atom. The summed E-state index contributed by atoms with van der Waals surface area (Å²) in [5.74, 6) is 8.75. The van der Waals surface area contributed by atoms with E-state index in [9.17, 15) is 9.59 Å². The van der Waals surface area contributed by atoms with E-state index in [1.54, 1.807) is 10.9 Å². The number of nitrogens with one attached hydrogen (secondary N) is 3. The number of hydrogen-bond donors (Lipinski definition) is 6. The number of aliphatic hydroxyl groups is 1. The molecule has 0 rings (SSSR count). The highest BCUT2D eigenvalue weighted by Crippen LogP contribution is 1.80. The maximum absolute atomic E-state index is 10.7. The van der Waals surface area contributed by atoms with Crippen molar-refractivity contribution in [2.45, 2.75) is 6.04 Å². The minimum Gasteiger partial charge on any atom is -0.394 e. The lowest BCUT2D eigenvalue weighted by Crippen LogP contribution is -2.54. The standard InChI is InChI=1S/C4H11N5O3/c5-8-3(11)2(1-10)7-4(12)9-6/h2,10H,1,5-6H2,(H,8,11)(H2,7,9,12). The molecule has 0 aromatic heterocycles. The zero-order chi connectivity index (χ0) is 9.56. The number of urea groups is 1. The number of amides is 3. The zero-order valence-electron chi connectivity index (χ0n) is 6.20. The van der Waals surface area contributed by atoms with Gasteiger partial charge in [-0.2, -0.15) is 0 Å². The molecule has 0 aromatic carbocycles. The summed E-state index contributed by atoms with van der Waals surface area (Å²) in [6, 6.07) is -1.88. The van der Waals surface area contributed by atoms with E-state index in [1.807, 2.05) is 5.32 Å². The molecular weight excluding hydrogens is 166 g/mol. The molecule has 0 aliphatic rings. The SMILES string of the molecule is NNC(=O)NC(CO)C(=O)NN. The highest BCUT2D eigenvalue weighted by molar-refractivity contribution is 5.86. The van der Waals surface area contributed by atoms with Crippen LogP contribution in [0.4, 0.5) is 4.79 Å². The number of rotatable bonds is 3. The van der Waals surface area contributed by atoms with E-state index < -0.39 is 24.6 Å². The van der Waals surface area contributed by atoms with Crippen molar-refractivity contribution in [2.24, 2.45) is 11.7 Å². The third-order valence-electron chi connectivity index (χ3n) is 1.08. The molecule has 1 unspecified atom stereocenters. The van der Waals surface area contributed by atoms with Crippen LogP contribution in [0.15, 0.2) is 0 Å². The van der Waals surface area contributed by atoms with Gasteiger partial charge in [-0.25, -0.2) is 16.5 Å². The first kappa shape index (κ1) is 10.6. The van der Waals surface area contributed by atoms with Crippen molar-refractivity contribution < 1.29 is 14.7 Å². The number of carbonyl (C=O) groups excluding carboxylic acids is 2. The maximum atomic E-state index is 10.7. The zero-order valence-corrected chi connectivity index (χ0v) is 6.20. The summed E-state index contributed by atoms with van der Waals surface area (Å²) in [7, 11) is 0. The van der Waals surface area contributed by atoms with Crippen LogP contribution in [0.5, 0.6) is 0 Å². The van der Waals surface area contributed by atoms with Crippen molar-refractivity contribution in [3.63, 3.8) is 0 Å². The smallest absolute Gasteiger partial charge is 0.329 e. The van der Waals surface area contributed by atoms with Gasteiger partial charge in [0.25, 0.3) is 5.91 Å². The molecule has 0 saturated heterocycles. The van der Waals surface area contributed by atoms with Crippen LogP contribution in [0.25, 0.3) is 0 Å². The average molecular weight is 177 g/mol. The fraction of sp³-hybridized carbons (Fsp3) is 0.500. The summed E-state index contributed by atoms with van der Waals surface area (Å²) in [6.45, 7) is -0.559. The van der Waals surface area contributed by atoms with Gasteiger partial charge in [0.2, 0.25) is 0 Å². The molecule has 0 aliphatic carbocycles. The third kappa shape index (κ3) is 3.14. The summed E-state index contributed by atoms with van der Waals surface area (Å²) >= 11 is 0. The largest absolute Gasteiger partial charge is 0.394 e. The highest BCUT2D eigenvalue weighted by atomic mass is 16.3. The molecule has 0 heterocycles. The average Bonchev–Trinajstić information content (AvgIpc) is 2.12. The lowest BCUT2D eigenvalue weighted by molar-refractivity contribution is -0.123. The van der Waals surface area contributed by atoms with Crippen LogP contribution < -0.4 is 27.9 Å². The number of carbonyl (C=O) groups is 2. The van der Waals surface area contributed by atoms with E-state index in [4.69, 9.17) is 16.8 Å². The fourth-order valence-electron chi connectivity index (χ4n) is 0.495. The molecule has 0 aromatic rings. The quantitative estimate of drug-likeness (QED) is 0.151. The molecule has 0 radical (unpaired) electrons. The Hall–Kier alpha value is -1.38. The topological polar surface area (TPSA) is 142 Å². The van der Waals surface area contributed by atoms with Gasteiger partial charge in [-0.1, -0.05) is 0 Å². The molecule has 0 spiro atoms. The van der Waals surface area contributed by atoms with E-state index in [-0.39, 0.29) is 0 Å². The van der Waals surface area contributed by atoms with Crippen LogP contribution in [0.3, 0.4) is 0 Å². The van der Waals surface area contributed by atoms with Crippen LogP contribution in [-0.4, -0.2) is 29.7 Å². The van der Waals surface area contributed by atoms with E-state index in [0.717, 1.165) is 0 Å².